The smallest absolute Gasteiger partial charge is 0.243 e. The van der Waals surface area contributed by atoms with Crippen molar-refractivity contribution >= 4 is 23.6 Å². The fraction of sp³-hybridized carbons (Fsp3) is 0.310. The van der Waals surface area contributed by atoms with Gasteiger partial charge in [-0.25, -0.2) is 0 Å². The van der Waals surface area contributed by atoms with Crippen molar-refractivity contribution in [3.63, 3.8) is 0 Å². The van der Waals surface area contributed by atoms with E-state index in [0.717, 1.165) is 21.8 Å². The summed E-state index contributed by atoms with van der Waals surface area (Å²) in [7, 11) is 1.62. The van der Waals surface area contributed by atoms with Crippen molar-refractivity contribution in [1.82, 2.24) is 10.2 Å². The number of carbonyl (C=O) groups is 2. The van der Waals surface area contributed by atoms with E-state index in [4.69, 9.17) is 4.74 Å². The molecule has 0 unspecified atom stereocenters. The van der Waals surface area contributed by atoms with E-state index in [0.29, 0.717) is 25.1 Å². The van der Waals surface area contributed by atoms with Gasteiger partial charge in [0, 0.05) is 36.1 Å². The minimum Gasteiger partial charge on any atom is -0.497 e. The van der Waals surface area contributed by atoms with Crippen LogP contribution in [0.4, 0.5) is 0 Å². The van der Waals surface area contributed by atoms with Crippen molar-refractivity contribution in [3.05, 3.63) is 96.1 Å². The van der Waals surface area contributed by atoms with Gasteiger partial charge in [0.2, 0.25) is 11.8 Å². The van der Waals surface area contributed by atoms with Crippen LogP contribution in [0.5, 0.6) is 5.75 Å². The average Bonchev–Trinajstić information content (AvgIpc) is 2.87. The highest BCUT2D eigenvalue weighted by Gasteiger charge is 2.30. The molecule has 1 N–H and O–H groups in total. The van der Waals surface area contributed by atoms with E-state index in [2.05, 4.69) is 5.32 Å². The van der Waals surface area contributed by atoms with Crippen LogP contribution in [0.3, 0.4) is 0 Å². The Bertz CT molecular complexity index is 1070. The fourth-order valence-electron chi connectivity index (χ4n) is 3.82. The first-order valence-electron chi connectivity index (χ1n) is 11.9. The number of methoxy groups -OCH3 is 1. The molecule has 3 aromatic carbocycles. The molecule has 0 aliphatic rings. The minimum atomic E-state index is -0.625. The van der Waals surface area contributed by atoms with Gasteiger partial charge >= 0.3 is 0 Å². The van der Waals surface area contributed by atoms with Crippen molar-refractivity contribution in [1.29, 1.82) is 0 Å². The summed E-state index contributed by atoms with van der Waals surface area (Å²) in [4.78, 5) is 29.8. The third kappa shape index (κ3) is 8.48. The van der Waals surface area contributed by atoms with Gasteiger partial charge in [0.1, 0.15) is 11.8 Å². The highest BCUT2D eigenvalue weighted by molar-refractivity contribution is 7.99. The van der Waals surface area contributed by atoms with Crippen molar-refractivity contribution in [3.8, 4) is 5.75 Å². The Balaban J connectivity index is 1.86. The van der Waals surface area contributed by atoms with Crippen molar-refractivity contribution < 1.29 is 14.3 Å². The van der Waals surface area contributed by atoms with E-state index in [-0.39, 0.29) is 17.9 Å². The maximum atomic E-state index is 13.6. The van der Waals surface area contributed by atoms with E-state index < -0.39 is 6.04 Å². The molecule has 0 heterocycles. The Morgan fingerprint density at radius 3 is 2.23 bits per heavy atom. The second-order valence-corrected chi connectivity index (χ2v) is 9.82. The zero-order valence-electron chi connectivity index (χ0n) is 20.6. The maximum absolute atomic E-state index is 13.6. The first-order valence-corrected chi connectivity index (χ1v) is 12.9. The molecule has 0 radical (unpaired) electrons. The summed E-state index contributed by atoms with van der Waals surface area (Å²) in [6, 6.07) is 26.9. The second-order valence-electron chi connectivity index (χ2n) is 8.65. The SMILES string of the molecule is COc1cccc(CN(C(=O)CCSc2ccccc2)[C@@H](Cc2ccccc2)C(=O)NC(C)C)c1. The van der Waals surface area contributed by atoms with Gasteiger partial charge in [-0.15, -0.1) is 11.8 Å². The predicted octanol–water partition coefficient (Wildman–Crippen LogP) is 5.34. The van der Waals surface area contributed by atoms with Gasteiger partial charge in [-0.05, 0) is 49.2 Å². The Hall–Kier alpha value is -3.25. The molecule has 3 aromatic rings. The monoisotopic (exact) mass is 490 g/mol. The molecule has 0 aromatic heterocycles. The van der Waals surface area contributed by atoms with Gasteiger partial charge < -0.3 is 15.0 Å². The van der Waals surface area contributed by atoms with Crippen LogP contribution in [0, 0.1) is 0 Å². The van der Waals surface area contributed by atoms with Crippen LogP contribution >= 0.6 is 11.8 Å². The van der Waals surface area contributed by atoms with Gasteiger partial charge in [0.15, 0.2) is 0 Å². The molecule has 5 nitrogen and oxygen atoms in total. The van der Waals surface area contributed by atoms with E-state index in [1.54, 1.807) is 23.8 Å². The highest BCUT2D eigenvalue weighted by atomic mass is 32.2. The zero-order valence-corrected chi connectivity index (χ0v) is 21.5. The predicted molar refractivity (Wildman–Crippen MR) is 143 cm³/mol. The molecule has 0 fully saturated rings. The summed E-state index contributed by atoms with van der Waals surface area (Å²) in [6.07, 6.45) is 0.782. The van der Waals surface area contributed by atoms with Crippen LogP contribution < -0.4 is 10.1 Å². The third-order valence-electron chi connectivity index (χ3n) is 5.52. The lowest BCUT2D eigenvalue weighted by atomic mass is 10.0. The number of hydrogen-bond donors (Lipinski definition) is 1. The van der Waals surface area contributed by atoms with Crippen LogP contribution in [-0.4, -0.2) is 41.7 Å². The number of carbonyl (C=O) groups excluding carboxylic acids is 2. The van der Waals surface area contributed by atoms with Gasteiger partial charge in [-0.2, -0.15) is 0 Å². The van der Waals surface area contributed by atoms with Crippen LogP contribution in [0.15, 0.2) is 89.8 Å². The summed E-state index contributed by atoms with van der Waals surface area (Å²) < 4.78 is 5.38. The number of rotatable bonds is 12. The lowest BCUT2D eigenvalue weighted by Crippen LogP contribution is -2.51. The number of nitrogens with zero attached hydrogens (tertiary/aromatic N) is 1. The minimum absolute atomic E-state index is 0.0248. The van der Waals surface area contributed by atoms with Gasteiger partial charge in [0.05, 0.1) is 7.11 Å². The number of nitrogens with one attached hydrogen (secondary N) is 1. The maximum Gasteiger partial charge on any atom is 0.243 e. The molecule has 0 saturated carbocycles. The molecule has 0 aliphatic heterocycles. The number of hydrogen-bond acceptors (Lipinski definition) is 4. The first kappa shape index (κ1) is 26.4. The molecular weight excluding hydrogens is 456 g/mol. The number of amides is 2. The van der Waals surface area contributed by atoms with Crippen LogP contribution in [0.1, 0.15) is 31.4 Å². The third-order valence-corrected chi connectivity index (χ3v) is 6.53. The first-order chi connectivity index (χ1) is 17.0. The number of ether oxygens (including phenoxy) is 1. The van der Waals surface area contributed by atoms with E-state index >= 15 is 0 Å². The highest BCUT2D eigenvalue weighted by Crippen LogP contribution is 2.22. The molecule has 35 heavy (non-hydrogen) atoms. The van der Waals surface area contributed by atoms with E-state index in [1.807, 2.05) is 98.8 Å². The van der Waals surface area contributed by atoms with Crippen molar-refractivity contribution in [2.45, 2.75) is 50.2 Å². The van der Waals surface area contributed by atoms with Crippen LogP contribution in [0.2, 0.25) is 0 Å². The largest absolute Gasteiger partial charge is 0.497 e. The number of thioether (sulfide) groups is 1. The Morgan fingerprint density at radius 2 is 1.57 bits per heavy atom. The lowest BCUT2D eigenvalue weighted by Gasteiger charge is -2.32. The lowest BCUT2D eigenvalue weighted by molar-refractivity contribution is -0.141. The molecule has 0 saturated heterocycles. The van der Waals surface area contributed by atoms with E-state index in [1.165, 1.54) is 0 Å². The molecule has 1 atom stereocenters. The Labute approximate surface area is 212 Å². The van der Waals surface area contributed by atoms with Crippen LogP contribution in [0.25, 0.3) is 0 Å². The molecule has 2 amide bonds. The molecule has 3 rings (SSSR count). The van der Waals surface area contributed by atoms with Crippen molar-refractivity contribution in [2.75, 3.05) is 12.9 Å². The van der Waals surface area contributed by atoms with Crippen molar-refractivity contribution in [2.24, 2.45) is 0 Å². The molecule has 0 bridgehead atoms. The van der Waals surface area contributed by atoms with Gasteiger partial charge in [0.25, 0.3) is 0 Å². The zero-order chi connectivity index (χ0) is 25.0. The fourth-order valence-corrected chi connectivity index (χ4v) is 4.68. The summed E-state index contributed by atoms with van der Waals surface area (Å²) in [5, 5.41) is 3.03. The van der Waals surface area contributed by atoms with Crippen LogP contribution in [-0.2, 0) is 22.6 Å². The molecular formula is C29H34N2O3S. The molecule has 6 heteroatoms. The summed E-state index contributed by atoms with van der Waals surface area (Å²) in [5.41, 5.74) is 1.93. The quantitative estimate of drug-likeness (QED) is 0.348. The van der Waals surface area contributed by atoms with E-state index in [9.17, 15) is 9.59 Å². The number of benzene rings is 3. The molecule has 184 valence electrons. The Kier molecular flexibility index (Phi) is 10.2. The Morgan fingerprint density at radius 1 is 0.914 bits per heavy atom. The summed E-state index contributed by atoms with van der Waals surface area (Å²) in [6.45, 7) is 4.19. The second kappa shape index (κ2) is 13.6. The summed E-state index contributed by atoms with van der Waals surface area (Å²) in [5.74, 6) is 1.18. The van der Waals surface area contributed by atoms with Gasteiger partial charge in [-0.1, -0.05) is 60.7 Å². The van der Waals surface area contributed by atoms with Gasteiger partial charge in [-0.3, -0.25) is 9.59 Å². The summed E-state index contributed by atoms with van der Waals surface area (Å²) >= 11 is 1.65. The molecule has 0 aliphatic carbocycles. The normalized spacial score (nSPS) is 11.7. The molecule has 0 spiro atoms. The standard InChI is InChI=1S/C29H34N2O3S/c1-22(2)30-29(33)27(20-23-11-6-4-7-12-23)31(21-24-13-10-14-25(19-24)34-3)28(32)17-18-35-26-15-8-5-9-16-26/h4-16,19,22,27H,17-18,20-21H2,1-3H3,(H,30,33)/t27-/m0/s1. The average molecular weight is 491 g/mol. The topological polar surface area (TPSA) is 58.6 Å².